The standard InChI is InChI=1S/C18H21N5OS/c1-13-11-25-17-16(13)20-12-21-18(17)23-7-5-22(6-8-23)10-14-3-4-15(24-2)19-9-14/h3-4,9,11-12H,5-8,10H2,1-2H3. The summed E-state index contributed by atoms with van der Waals surface area (Å²) >= 11 is 1.74. The van der Waals surface area contributed by atoms with Gasteiger partial charge in [-0.15, -0.1) is 11.3 Å². The van der Waals surface area contributed by atoms with Gasteiger partial charge in [0.1, 0.15) is 12.1 Å². The van der Waals surface area contributed by atoms with Crippen LogP contribution in [-0.2, 0) is 6.54 Å². The summed E-state index contributed by atoms with van der Waals surface area (Å²) in [6, 6.07) is 4.00. The van der Waals surface area contributed by atoms with Crippen LogP contribution in [0.4, 0.5) is 5.82 Å². The molecule has 0 N–H and O–H groups in total. The van der Waals surface area contributed by atoms with Crippen LogP contribution >= 0.6 is 11.3 Å². The van der Waals surface area contributed by atoms with Crippen LogP contribution in [0.25, 0.3) is 10.2 Å². The molecule has 3 aromatic heterocycles. The number of fused-ring (bicyclic) bond motifs is 1. The van der Waals surface area contributed by atoms with Crippen molar-refractivity contribution in [1.82, 2.24) is 19.9 Å². The summed E-state index contributed by atoms with van der Waals surface area (Å²) in [5.41, 5.74) is 3.53. The van der Waals surface area contributed by atoms with Crippen LogP contribution in [0.5, 0.6) is 5.88 Å². The fourth-order valence-electron chi connectivity index (χ4n) is 3.18. The average Bonchev–Trinajstić information content (AvgIpc) is 3.04. The quantitative estimate of drug-likeness (QED) is 0.717. The number of anilines is 1. The van der Waals surface area contributed by atoms with Gasteiger partial charge in [-0.1, -0.05) is 6.07 Å². The van der Waals surface area contributed by atoms with Crippen molar-refractivity contribution in [2.24, 2.45) is 0 Å². The first-order valence-corrected chi connectivity index (χ1v) is 9.27. The molecule has 6 nitrogen and oxygen atoms in total. The zero-order chi connectivity index (χ0) is 17.2. The van der Waals surface area contributed by atoms with Gasteiger partial charge in [0.15, 0.2) is 0 Å². The second kappa shape index (κ2) is 6.93. The number of hydrogen-bond donors (Lipinski definition) is 0. The first-order chi connectivity index (χ1) is 12.2. The summed E-state index contributed by atoms with van der Waals surface area (Å²) in [5.74, 6) is 1.74. The van der Waals surface area contributed by atoms with Gasteiger partial charge in [0.25, 0.3) is 0 Å². The third-order valence-corrected chi connectivity index (χ3v) is 5.68. The maximum atomic E-state index is 5.12. The second-order valence-corrected chi connectivity index (χ2v) is 7.15. The van der Waals surface area contributed by atoms with E-state index in [1.54, 1.807) is 24.8 Å². The van der Waals surface area contributed by atoms with Gasteiger partial charge < -0.3 is 9.64 Å². The van der Waals surface area contributed by atoms with Crippen molar-refractivity contribution in [3.05, 3.63) is 41.2 Å². The van der Waals surface area contributed by atoms with Crippen molar-refractivity contribution < 1.29 is 4.74 Å². The number of thiophene rings is 1. The normalized spacial score (nSPS) is 15.7. The molecule has 0 amide bonds. The van der Waals surface area contributed by atoms with E-state index in [0.29, 0.717) is 5.88 Å². The van der Waals surface area contributed by atoms with Crippen LogP contribution in [0.3, 0.4) is 0 Å². The first-order valence-electron chi connectivity index (χ1n) is 8.39. The molecule has 0 spiro atoms. The Morgan fingerprint density at radius 2 is 1.96 bits per heavy atom. The third-order valence-electron chi connectivity index (χ3n) is 4.60. The van der Waals surface area contributed by atoms with Crippen LogP contribution in [0.1, 0.15) is 11.1 Å². The molecule has 1 saturated heterocycles. The Balaban J connectivity index is 1.42. The SMILES string of the molecule is COc1ccc(CN2CCN(c3ncnc4c(C)csc34)CC2)cn1. The number of pyridine rings is 1. The van der Waals surface area contributed by atoms with Crippen LogP contribution in [-0.4, -0.2) is 53.1 Å². The monoisotopic (exact) mass is 355 g/mol. The van der Waals surface area contributed by atoms with Crippen molar-refractivity contribution >= 4 is 27.4 Å². The highest BCUT2D eigenvalue weighted by Gasteiger charge is 2.21. The number of rotatable bonds is 4. The van der Waals surface area contributed by atoms with E-state index >= 15 is 0 Å². The van der Waals surface area contributed by atoms with Gasteiger partial charge in [0.2, 0.25) is 5.88 Å². The van der Waals surface area contributed by atoms with E-state index in [4.69, 9.17) is 4.74 Å². The minimum atomic E-state index is 0.660. The maximum Gasteiger partial charge on any atom is 0.212 e. The van der Waals surface area contributed by atoms with Gasteiger partial charge in [-0.2, -0.15) is 0 Å². The Kier molecular flexibility index (Phi) is 4.50. The summed E-state index contributed by atoms with van der Waals surface area (Å²) in [4.78, 5) is 18.1. The number of aryl methyl sites for hydroxylation is 1. The molecule has 0 aromatic carbocycles. The molecule has 25 heavy (non-hydrogen) atoms. The number of methoxy groups -OCH3 is 1. The molecule has 130 valence electrons. The van der Waals surface area contributed by atoms with Crippen LogP contribution in [0, 0.1) is 6.92 Å². The van der Waals surface area contributed by atoms with Gasteiger partial charge in [-0.3, -0.25) is 4.90 Å². The smallest absolute Gasteiger partial charge is 0.212 e. The highest BCUT2D eigenvalue weighted by molar-refractivity contribution is 7.18. The van der Waals surface area contributed by atoms with Crippen LogP contribution in [0.15, 0.2) is 30.0 Å². The van der Waals surface area contributed by atoms with Crippen molar-refractivity contribution in [2.45, 2.75) is 13.5 Å². The molecule has 7 heteroatoms. The molecular formula is C18H21N5OS. The molecule has 3 aromatic rings. The maximum absolute atomic E-state index is 5.12. The topological polar surface area (TPSA) is 54.4 Å². The molecule has 0 saturated carbocycles. The summed E-state index contributed by atoms with van der Waals surface area (Å²) < 4.78 is 6.32. The van der Waals surface area contributed by atoms with Gasteiger partial charge in [0, 0.05) is 45.0 Å². The zero-order valence-corrected chi connectivity index (χ0v) is 15.3. The van der Waals surface area contributed by atoms with Crippen LogP contribution < -0.4 is 9.64 Å². The van der Waals surface area contributed by atoms with Gasteiger partial charge in [-0.25, -0.2) is 15.0 Å². The number of aromatic nitrogens is 3. The lowest BCUT2D eigenvalue weighted by atomic mass is 10.2. The second-order valence-electron chi connectivity index (χ2n) is 6.27. The highest BCUT2D eigenvalue weighted by atomic mass is 32.1. The average molecular weight is 355 g/mol. The van der Waals surface area contributed by atoms with E-state index in [2.05, 4.69) is 43.1 Å². The predicted octanol–water partition coefficient (Wildman–Crippen LogP) is 2.73. The largest absolute Gasteiger partial charge is 0.481 e. The number of nitrogens with zero attached hydrogens (tertiary/aromatic N) is 5. The summed E-state index contributed by atoms with van der Waals surface area (Å²) in [6.45, 7) is 7.02. The molecule has 0 unspecified atom stereocenters. The molecule has 1 aliphatic rings. The molecule has 4 rings (SSSR count). The van der Waals surface area contributed by atoms with E-state index in [9.17, 15) is 0 Å². The van der Waals surface area contributed by atoms with E-state index in [0.717, 1.165) is 44.1 Å². The molecule has 0 atom stereocenters. The fraction of sp³-hybridized carbons (Fsp3) is 0.389. The molecule has 0 radical (unpaired) electrons. The Morgan fingerprint density at radius 1 is 1.12 bits per heavy atom. The molecule has 4 heterocycles. The third kappa shape index (κ3) is 3.29. The molecular weight excluding hydrogens is 334 g/mol. The lowest BCUT2D eigenvalue weighted by Gasteiger charge is -2.35. The summed E-state index contributed by atoms with van der Waals surface area (Å²) in [6.07, 6.45) is 3.58. The fourth-order valence-corrected chi connectivity index (χ4v) is 4.20. The molecule has 1 aliphatic heterocycles. The molecule has 0 bridgehead atoms. The number of ether oxygens (including phenoxy) is 1. The number of hydrogen-bond acceptors (Lipinski definition) is 7. The van der Waals surface area contributed by atoms with Crippen LogP contribution in [0.2, 0.25) is 0 Å². The molecule has 0 aliphatic carbocycles. The van der Waals surface area contributed by atoms with E-state index < -0.39 is 0 Å². The van der Waals surface area contributed by atoms with Crippen molar-refractivity contribution in [3.8, 4) is 5.88 Å². The summed E-state index contributed by atoms with van der Waals surface area (Å²) in [7, 11) is 1.64. The Morgan fingerprint density at radius 3 is 2.68 bits per heavy atom. The van der Waals surface area contributed by atoms with Crippen molar-refractivity contribution in [1.29, 1.82) is 0 Å². The lowest BCUT2D eigenvalue weighted by molar-refractivity contribution is 0.249. The van der Waals surface area contributed by atoms with E-state index in [1.165, 1.54) is 15.8 Å². The van der Waals surface area contributed by atoms with E-state index in [-0.39, 0.29) is 0 Å². The molecule has 1 fully saturated rings. The van der Waals surface area contributed by atoms with Crippen molar-refractivity contribution in [2.75, 3.05) is 38.2 Å². The Bertz CT molecular complexity index is 856. The van der Waals surface area contributed by atoms with E-state index in [1.807, 2.05) is 12.3 Å². The van der Waals surface area contributed by atoms with Crippen molar-refractivity contribution in [3.63, 3.8) is 0 Å². The minimum absolute atomic E-state index is 0.660. The van der Waals surface area contributed by atoms with Gasteiger partial charge >= 0.3 is 0 Å². The number of piperazine rings is 1. The minimum Gasteiger partial charge on any atom is -0.481 e. The Hall–Kier alpha value is -2.25. The first kappa shape index (κ1) is 16.2. The predicted molar refractivity (Wildman–Crippen MR) is 100 cm³/mol. The highest BCUT2D eigenvalue weighted by Crippen LogP contribution is 2.31. The van der Waals surface area contributed by atoms with Gasteiger partial charge in [-0.05, 0) is 23.4 Å². The lowest BCUT2D eigenvalue weighted by Crippen LogP contribution is -2.46. The van der Waals surface area contributed by atoms with Gasteiger partial charge in [0.05, 0.1) is 17.3 Å². The summed E-state index contributed by atoms with van der Waals surface area (Å²) in [5, 5.41) is 2.16. The zero-order valence-electron chi connectivity index (χ0n) is 14.5. The Labute approximate surface area is 151 Å².